The fourth-order valence-corrected chi connectivity index (χ4v) is 5.83. The molecule has 0 unspecified atom stereocenters. The fraction of sp³-hybridized carbons (Fsp3) is 0.444. The number of halogens is 1. The summed E-state index contributed by atoms with van der Waals surface area (Å²) in [6.07, 6.45) is 6.08. The van der Waals surface area contributed by atoms with Gasteiger partial charge in [-0.05, 0) is 69.6 Å². The van der Waals surface area contributed by atoms with Crippen LogP contribution in [0.3, 0.4) is 0 Å². The Balaban J connectivity index is 1.34. The molecule has 0 saturated carbocycles. The smallest absolute Gasteiger partial charge is 0.179 e. The van der Waals surface area contributed by atoms with Crippen LogP contribution in [0.15, 0.2) is 42.6 Å². The number of benzene rings is 2. The molecule has 7 nitrogen and oxygen atoms in total. The highest BCUT2D eigenvalue weighted by Crippen LogP contribution is 2.35. The van der Waals surface area contributed by atoms with Gasteiger partial charge in [0, 0.05) is 49.5 Å². The first-order valence-corrected chi connectivity index (χ1v) is 12.9. The Kier molecular flexibility index (Phi) is 6.08. The summed E-state index contributed by atoms with van der Waals surface area (Å²) in [7, 11) is 4.34. The summed E-state index contributed by atoms with van der Waals surface area (Å²) in [6.45, 7) is 3.65. The zero-order chi connectivity index (χ0) is 23.9. The highest BCUT2D eigenvalue weighted by atomic mass is 35.5. The number of hydrogen-bond acceptors (Lipinski definition) is 6. The first kappa shape index (κ1) is 22.7. The molecule has 4 heterocycles. The van der Waals surface area contributed by atoms with Crippen LogP contribution in [0.2, 0.25) is 5.02 Å². The molecule has 8 heteroatoms. The van der Waals surface area contributed by atoms with E-state index >= 15 is 0 Å². The van der Waals surface area contributed by atoms with Crippen molar-refractivity contribution in [3.05, 3.63) is 53.4 Å². The number of anilines is 1. The SMILES string of the molecule is CN(C)C1CCN(c2ccc(-c3ccc4ncc5nnc(C6CCOCC6)n5c4c3)c(Cl)c2)CC1. The van der Waals surface area contributed by atoms with Gasteiger partial charge in [-0.15, -0.1) is 10.2 Å². The van der Waals surface area contributed by atoms with Gasteiger partial charge in [-0.25, -0.2) is 0 Å². The normalized spacial score (nSPS) is 18.2. The summed E-state index contributed by atoms with van der Waals surface area (Å²) in [5.41, 5.74) is 6.00. The second-order valence-corrected chi connectivity index (χ2v) is 10.4. The van der Waals surface area contributed by atoms with Crippen LogP contribution in [0.4, 0.5) is 5.69 Å². The molecule has 0 atom stereocenters. The largest absolute Gasteiger partial charge is 0.381 e. The van der Waals surface area contributed by atoms with Crippen molar-refractivity contribution in [2.75, 3.05) is 45.3 Å². The summed E-state index contributed by atoms with van der Waals surface area (Å²) in [6, 6.07) is 13.5. The van der Waals surface area contributed by atoms with Gasteiger partial charge < -0.3 is 14.5 Å². The molecule has 4 aromatic rings. The molecule has 35 heavy (non-hydrogen) atoms. The Morgan fingerprint density at radius 2 is 1.77 bits per heavy atom. The number of fused-ring (bicyclic) bond motifs is 3. The van der Waals surface area contributed by atoms with Crippen LogP contribution in [0.1, 0.15) is 37.4 Å². The zero-order valence-corrected chi connectivity index (χ0v) is 21.1. The van der Waals surface area contributed by atoms with Crippen molar-refractivity contribution in [1.29, 1.82) is 0 Å². The standard InChI is InChI=1S/C27H31ClN6O/c1-32(2)20-7-11-33(12-8-20)21-4-5-22(23(28)16-21)19-3-6-24-25(15-19)34-26(17-29-24)30-31-27(34)18-9-13-35-14-10-18/h3-6,15-18,20H,7-14H2,1-2H3. The van der Waals surface area contributed by atoms with Crippen LogP contribution < -0.4 is 4.90 Å². The minimum Gasteiger partial charge on any atom is -0.381 e. The van der Waals surface area contributed by atoms with Crippen molar-refractivity contribution in [1.82, 2.24) is 24.5 Å². The quantitative estimate of drug-likeness (QED) is 0.400. The van der Waals surface area contributed by atoms with E-state index in [9.17, 15) is 0 Å². The monoisotopic (exact) mass is 490 g/mol. The summed E-state index contributed by atoms with van der Waals surface area (Å²) in [5, 5.41) is 9.74. The van der Waals surface area contributed by atoms with E-state index in [1.165, 1.54) is 18.5 Å². The molecule has 0 amide bonds. The van der Waals surface area contributed by atoms with Gasteiger partial charge in [0.1, 0.15) is 5.82 Å². The molecule has 2 saturated heterocycles. The maximum Gasteiger partial charge on any atom is 0.179 e. The van der Waals surface area contributed by atoms with Crippen LogP contribution in [0.25, 0.3) is 27.8 Å². The molecular weight excluding hydrogens is 460 g/mol. The minimum atomic E-state index is 0.340. The molecular formula is C27H31ClN6O. The van der Waals surface area contributed by atoms with E-state index in [0.29, 0.717) is 12.0 Å². The molecule has 0 radical (unpaired) electrons. The van der Waals surface area contributed by atoms with E-state index < -0.39 is 0 Å². The number of rotatable bonds is 4. The summed E-state index contributed by atoms with van der Waals surface area (Å²) >= 11 is 6.87. The van der Waals surface area contributed by atoms with Gasteiger partial charge in [0.05, 0.1) is 22.3 Å². The highest BCUT2D eigenvalue weighted by Gasteiger charge is 2.23. The molecule has 182 valence electrons. The minimum absolute atomic E-state index is 0.340. The number of piperidine rings is 1. The Bertz CT molecular complexity index is 1350. The Labute approximate surface area is 210 Å². The Morgan fingerprint density at radius 1 is 0.971 bits per heavy atom. The molecule has 0 spiro atoms. The van der Waals surface area contributed by atoms with E-state index in [1.807, 2.05) is 0 Å². The van der Waals surface area contributed by atoms with E-state index in [-0.39, 0.29) is 0 Å². The summed E-state index contributed by atoms with van der Waals surface area (Å²) in [5.74, 6) is 1.34. The average molecular weight is 491 g/mol. The first-order chi connectivity index (χ1) is 17.1. The maximum absolute atomic E-state index is 6.87. The van der Waals surface area contributed by atoms with E-state index in [2.05, 4.69) is 79.9 Å². The third kappa shape index (κ3) is 4.26. The lowest BCUT2D eigenvalue weighted by Gasteiger charge is -2.36. The molecule has 0 bridgehead atoms. The number of nitrogens with zero attached hydrogens (tertiary/aromatic N) is 6. The Hall–Kier alpha value is -2.74. The fourth-order valence-electron chi connectivity index (χ4n) is 5.54. The molecule has 2 aromatic heterocycles. The van der Waals surface area contributed by atoms with Crippen molar-refractivity contribution in [2.45, 2.75) is 37.6 Å². The molecule has 2 aliphatic rings. The predicted octanol–water partition coefficient (Wildman–Crippen LogP) is 5.02. The van der Waals surface area contributed by atoms with Crippen molar-refractivity contribution < 1.29 is 4.74 Å². The number of aromatic nitrogens is 4. The van der Waals surface area contributed by atoms with Gasteiger partial charge in [0.2, 0.25) is 0 Å². The second kappa shape index (κ2) is 9.37. The predicted molar refractivity (Wildman–Crippen MR) is 140 cm³/mol. The summed E-state index contributed by atoms with van der Waals surface area (Å²) < 4.78 is 7.73. The second-order valence-electron chi connectivity index (χ2n) is 9.95. The third-order valence-electron chi connectivity index (χ3n) is 7.66. The number of ether oxygens (including phenoxy) is 1. The van der Waals surface area contributed by atoms with Crippen LogP contribution in [0.5, 0.6) is 0 Å². The molecule has 2 fully saturated rings. The van der Waals surface area contributed by atoms with E-state index in [4.69, 9.17) is 16.3 Å². The first-order valence-electron chi connectivity index (χ1n) is 12.5. The van der Waals surface area contributed by atoms with Crippen LogP contribution >= 0.6 is 11.6 Å². The van der Waals surface area contributed by atoms with E-state index in [0.717, 1.165) is 77.8 Å². The molecule has 2 aliphatic heterocycles. The lowest BCUT2D eigenvalue weighted by atomic mass is 9.99. The zero-order valence-electron chi connectivity index (χ0n) is 20.3. The molecule has 6 rings (SSSR count). The van der Waals surface area contributed by atoms with Crippen molar-refractivity contribution >= 4 is 34.0 Å². The van der Waals surface area contributed by atoms with E-state index in [1.54, 1.807) is 6.20 Å². The van der Waals surface area contributed by atoms with Crippen molar-refractivity contribution in [2.24, 2.45) is 0 Å². The van der Waals surface area contributed by atoms with Crippen LogP contribution in [-0.2, 0) is 4.74 Å². The van der Waals surface area contributed by atoms with Gasteiger partial charge in [-0.2, -0.15) is 0 Å². The lowest BCUT2D eigenvalue weighted by molar-refractivity contribution is 0.0834. The average Bonchev–Trinajstić information content (AvgIpc) is 3.34. The van der Waals surface area contributed by atoms with Gasteiger partial charge in [0.25, 0.3) is 0 Å². The van der Waals surface area contributed by atoms with Crippen molar-refractivity contribution in [3.63, 3.8) is 0 Å². The van der Waals surface area contributed by atoms with Gasteiger partial charge >= 0.3 is 0 Å². The topological polar surface area (TPSA) is 58.8 Å². The van der Waals surface area contributed by atoms with Crippen molar-refractivity contribution in [3.8, 4) is 11.1 Å². The molecule has 0 N–H and O–H groups in total. The third-order valence-corrected chi connectivity index (χ3v) is 7.97. The van der Waals surface area contributed by atoms with Gasteiger partial charge in [0.15, 0.2) is 5.65 Å². The lowest BCUT2D eigenvalue weighted by Crippen LogP contribution is -2.41. The van der Waals surface area contributed by atoms with Gasteiger partial charge in [-0.3, -0.25) is 9.38 Å². The maximum atomic E-state index is 6.87. The Morgan fingerprint density at radius 3 is 2.51 bits per heavy atom. The molecule has 2 aromatic carbocycles. The number of hydrogen-bond donors (Lipinski definition) is 0. The molecule has 0 aliphatic carbocycles. The highest BCUT2D eigenvalue weighted by molar-refractivity contribution is 6.33. The van der Waals surface area contributed by atoms with Gasteiger partial charge in [-0.1, -0.05) is 23.7 Å². The van der Waals surface area contributed by atoms with Crippen LogP contribution in [0, 0.1) is 0 Å². The van der Waals surface area contributed by atoms with Crippen LogP contribution in [-0.4, -0.2) is 70.9 Å². The summed E-state index contributed by atoms with van der Waals surface area (Å²) in [4.78, 5) is 9.41.